The maximum absolute atomic E-state index is 13.0. The quantitative estimate of drug-likeness (QED) is 0.0482. The van der Waals surface area contributed by atoms with Crippen molar-refractivity contribution in [2.24, 2.45) is 28.6 Å². The Balaban J connectivity index is 2.47. The molecule has 1 rings (SSSR count). The van der Waals surface area contributed by atoms with Gasteiger partial charge >= 0.3 is 0 Å². The van der Waals surface area contributed by atoms with Crippen LogP contribution in [0.1, 0.15) is 58.8 Å². The van der Waals surface area contributed by atoms with E-state index < -0.39 is 39.0 Å². The summed E-state index contributed by atoms with van der Waals surface area (Å²) < 4.78 is 33.4. The van der Waals surface area contributed by atoms with Crippen LogP contribution < -0.4 is 21.7 Å². The van der Waals surface area contributed by atoms with Gasteiger partial charge in [0.25, 0.3) is 10.1 Å². The van der Waals surface area contributed by atoms with Crippen LogP contribution in [-0.2, 0) is 38.2 Å². The highest BCUT2D eigenvalue weighted by atomic mass is 32.2. The van der Waals surface area contributed by atoms with Crippen molar-refractivity contribution in [1.82, 2.24) is 16.0 Å². The number of hydrogen-bond donors (Lipinski definition) is 4. The number of nitrogens with two attached hydrogens (primary N) is 1. The van der Waals surface area contributed by atoms with E-state index in [1.165, 1.54) is 0 Å². The SMILES string of the molecule is CCC(CC(CC(C)C(N)=O)C(=O)NCCCCCNC(=O)CN=[N+]=[N-])C(=O)NCCOCC1CCOS1(=O)=O. The van der Waals surface area contributed by atoms with Crippen LogP contribution in [0.3, 0.4) is 0 Å². The lowest BCUT2D eigenvalue weighted by atomic mass is 9.85. The van der Waals surface area contributed by atoms with Crippen LogP contribution in [0.2, 0.25) is 0 Å². The number of unbranched alkanes of at least 4 members (excludes halogenated alkanes) is 2. The van der Waals surface area contributed by atoms with Crippen molar-refractivity contribution >= 4 is 33.7 Å². The Labute approximate surface area is 235 Å². The Hall–Kier alpha value is -2.94. The van der Waals surface area contributed by atoms with Crippen molar-refractivity contribution in [3.05, 3.63) is 10.4 Å². The zero-order valence-electron chi connectivity index (χ0n) is 23.3. The summed E-state index contributed by atoms with van der Waals surface area (Å²) >= 11 is 0. The second-order valence-corrected chi connectivity index (χ2v) is 11.6. The van der Waals surface area contributed by atoms with Crippen molar-refractivity contribution in [2.45, 2.75) is 64.0 Å². The van der Waals surface area contributed by atoms with E-state index in [0.29, 0.717) is 38.8 Å². The van der Waals surface area contributed by atoms with Crippen LogP contribution in [0.25, 0.3) is 10.4 Å². The fourth-order valence-electron chi connectivity index (χ4n) is 4.13. The molecule has 0 aromatic rings. The lowest BCUT2D eigenvalue weighted by Crippen LogP contribution is -2.39. The highest BCUT2D eigenvalue weighted by Gasteiger charge is 2.33. The number of carbonyl (C=O) groups is 4. The molecule has 5 N–H and O–H groups in total. The van der Waals surface area contributed by atoms with Crippen LogP contribution in [0, 0.1) is 17.8 Å². The van der Waals surface area contributed by atoms with Crippen molar-refractivity contribution in [1.29, 1.82) is 0 Å². The molecule has 1 heterocycles. The van der Waals surface area contributed by atoms with E-state index >= 15 is 0 Å². The van der Waals surface area contributed by atoms with E-state index in [1.54, 1.807) is 6.92 Å². The smallest absolute Gasteiger partial charge is 0.272 e. The predicted octanol–water partition coefficient (Wildman–Crippen LogP) is 0.495. The molecule has 0 spiro atoms. The van der Waals surface area contributed by atoms with E-state index in [0.717, 1.165) is 6.42 Å². The number of rotatable bonds is 21. The van der Waals surface area contributed by atoms with Crippen LogP contribution in [-0.4, -0.2) is 83.3 Å². The molecule has 4 unspecified atom stereocenters. The van der Waals surface area contributed by atoms with Gasteiger partial charge in [0.1, 0.15) is 11.8 Å². The zero-order chi connectivity index (χ0) is 30.0. The maximum Gasteiger partial charge on any atom is 0.272 e. The number of nitrogens with zero attached hydrogens (tertiary/aromatic N) is 3. The first-order valence-electron chi connectivity index (χ1n) is 13.6. The van der Waals surface area contributed by atoms with E-state index in [1.807, 2.05) is 6.92 Å². The lowest BCUT2D eigenvalue weighted by Gasteiger charge is -2.23. The normalized spacial score (nSPS) is 18.1. The van der Waals surface area contributed by atoms with Gasteiger partial charge in [0, 0.05) is 42.3 Å². The van der Waals surface area contributed by atoms with Crippen LogP contribution in [0.5, 0.6) is 0 Å². The fourth-order valence-corrected chi connectivity index (χ4v) is 5.30. The molecule has 0 radical (unpaired) electrons. The summed E-state index contributed by atoms with van der Waals surface area (Å²) in [4.78, 5) is 51.3. The number of azide groups is 1. The summed E-state index contributed by atoms with van der Waals surface area (Å²) in [7, 11) is -3.58. The number of nitrogens with one attached hydrogen (secondary N) is 3. The molecule has 4 amide bonds. The second kappa shape index (κ2) is 19.2. The predicted molar refractivity (Wildman–Crippen MR) is 146 cm³/mol. The summed E-state index contributed by atoms with van der Waals surface area (Å²) in [6.07, 6.45) is 3.40. The summed E-state index contributed by atoms with van der Waals surface area (Å²) in [5.74, 6) is -3.01. The number of carbonyl (C=O) groups excluding carboxylic acids is 4. The second-order valence-electron chi connectivity index (χ2n) is 9.76. The van der Waals surface area contributed by atoms with Crippen molar-refractivity contribution in [2.75, 3.05) is 46.0 Å². The van der Waals surface area contributed by atoms with Gasteiger partial charge in [-0.2, -0.15) is 8.42 Å². The molecule has 1 aliphatic rings. The number of hydrogen-bond acceptors (Lipinski definition) is 9. The third-order valence-corrected chi connectivity index (χ3v) is 8.31. The van der Waals surface area contributed by atoms with E-state index in [4.69, 9.17) is 20.2 Å². The van der Waals surface area contributed by atoms with Gasteiger partial charge in [-0.1, -0.05) is 19.0 Å². The molecule has 4 atom stereocenters. The third kappa shape index (κ3) is 13.9. The molecule has 15 nitrogen and oxygen atoms in total. The van der Waals surface area contributed by atoms with Crippen LogP contribution >= 0.6 is 0 Å². The largest absolute Gasteiger partial charge is 0.378 e. The Morgan fingerprint density at radius 3 is 2.30 bits per heavy atom. The van der Waals surface area contributed by atoms with Gasteiger partial charge in [-0.15, -0.1) is 0 Å². The highest BCUT2D eigenvalue weighted by Crippen LogP contribution is 2.23. The third-order valence-electron chi connectivity index (χ3n) is 6.62. The first-order chi connectivity index (χ1) is 19.0. The minimum Gasteiger partial charge on any atom is -0.378 e. The molecule has 16 heteroatoms. The Bertz CT molecular complexity index is 988. The van der Waals surface area contributed by atoms with Gasteiger partial charge in [-0.05, 0) is 50.5 Å². The van der Waals surface area contributed by atoms with Gasteiger partial charge in [-0.3, -0.25) is 23.4 Å². The van der Waals surface area contributed by atoms with E-state index in [-0.39, 0.29) is 63.5 Å². The number of primary amides is 1. The molecule has 0 aromatic carbocycles. The Morgan fingerprint density at radius 1 is 1.05 bits per heavy atom. The van der Waals surface area contributed by atoms with Crippen molar-refractivity contribution in [3.63, 3.8) is 0 Å². The van der Waals surface area contributed by atoms with E-state index in [2.05, 4.69) is 26.0 Å². The van der Waals surface area contributed by atoms with Crippen LogP contribution in [0.15, 0.2) is 5.11 Å². The number of ether oxygens (including phenoxy) is 1. The number of amides is 4. The average Bonchev–Trinajstić information content (AvgIpc) is 3.25. The Kier molecular flexibility index (Phi) is 16.8. The molecule has 0 aliphatic carbocycles. The molecule has 1 fully saturated rings. The molecule has 0 aromatic heterocycles. The lowest BCUT2D eigenvalue weighted by molar-refractivity contribution is -0.129. The standard InChI is InChI=1S/C24H43N7O8S/c1-3-18(23(34)29-10-12-38-16-20-7-11-39-40(20,36)37)14-19(13-17(2)22(25)33)24(35)28-9-6-4-5-8-27-21(32)15-30-31-26/h17-20H,3-16H2,1-2H3,(H2,25,33)(H,27,32)(H,28,35)(H,29,34). The maximum atomic E-state index is 13.0. The summed E-state index contributed by atoms with van der Waals surface area (Å²) in [5.41, 5.74) is 13.6. The summed E-state index contributed by atoms with van der Waals surface area (Å²) in [6, 6.07) is 0. The molecule has 0 saturated carbocycles. The van der Waals surface area contributed by atoms with Gasteiger partial charge in [-0.25, -0.2) is 0 Å². The molecule has 1 aliphatic heterocycles. The minimum atomic E-state index is -3.58. The van der Waals surface area contributed by atoms with Gasteiger partial charge < -0.3 is 26.4 Å². The molecule has 40 heavy (non-hydrogen) atoms. The highest BCUT2D eigenvalue weighted by molar-refractivity contribution is 7.87. The summed E-state index contributed by atoms with van der Waals surface area (Å²) in [5, 5.41) is 10.8. The molecule has 0 bridgehead atoms. The molecule has 1 saturated heterocycles. The topological polar surface area (TPSA) is 232 Å². The molecular formula is C24H43N7O8S. The van der Waals surface area contributed by atoms with Crippen LogP contribution in [0.4, 0.5) is 0 Å². The van der Waals surface area contributed by atoms with Gasteiger partial charge in [0.2, 0.25) is 23.6 Å². The fraction of sp³-hybridized carbons (Fsp3) is 0.833. The summed E-state index contributed by atoms with van der Waals surface area (Å²) in [6.45, 7) is 4.52. The monoisotopic (exact) mass is 589 g/mol. The molecular weight excluding hydrogens is 546 g/mol. The van der Waals surface area contributed by atoms with E-state index in [9.17, 15) is 27.6 Å². The molecule has 228 valence electrons. The first-order valence-corrected chi connectivity index (χ1v) is 15.1. The Morgan fingerprint density at radius 2 is 1.70 bits per heavy atom. The average molecular weight is 590 g/mol. The first kappa shape index (κ1) is 35.1. The van der Waals surface area contributed by atoms with Crippen molar-refractivity contribution < 1.29 is 36.5 Å². The minimum absolute atomic E-state index is 0.00524. The zero-order valence-corrected chi connectivity index (χ0v) is 24.1. The van der Waals surface area contributed by atoms with Crippen molar-refractivity contribution in [3.8, 4) is 0 Å². The van der Waals surface area contributed by atoms with Gasteiger partial charge in [0.05, 0.1) is 19.8 Å². The van der Waals surface area contributed by atoms with Gasteiger partial charge in [0.15, 0.2) is 0 Å².